The summed E-state index contributed by atoms with van der Waals surface area (Å²) >= 11 is 6.12. The summed E-state index contributed by atoms with van der Waals surface area (Å²) in [5.74, 6) is -2.41. The third-order valence-corrected chi connectivity index (χ3v) is 5.94. The zero-order chi connectivity index (χ0) is 26.2. The quantitative estimate of drug-likeness (QED) is 0.243. The molecule has 1 heterocycles. The molecule has 0 aliphatic carbocycles. The first kappa shape index (κ1) is 25.1. The highest BCUT2D eigenvalue weighted by Gasteiger charge is 2.47. The number of Topliss-reactive ketones (excluding diaryl/α,β-unsaturated/α-hetero) is 1. The standard InChI is InChI=1S/C26H19ClF3NO5/c1-2-36-20-13-15(5-12-19(20)27)23(33)21-22(14-3-10-18(32)11-4-14)31(25(35)24(21)34)17-8-6-16(7-9-17)26(28,29)30/h3-13,22,32-33H,2H2,1H3/b23-21-. The fraction of sp³-hybridized carbons (Fsp3) is 0.154. The Labute approximate surface area is 208 Å². The number of benzene rings is 3. The van der Waals surface area contributed by atoms with E-state index in [1.807, 2.05) is 0 Å². The number of rotatable bonds is 5. The molecule has 36 heavy (non-hydrogen) atoms. The number of aromatic hydroxyl groups is 1. The summed E-state index contributed by atoms with van der Waals surface area (Å²) in [5.41, 5.74) is -0.693. The Bertz CT molecular complexity index is 1350. The van der Waals surface area contributed by atoms with Gasteiger partial charge in [0.1, 0.15) is 17.3 Å². The molecule has 1 atom stereocenters. The maximum absolute atomic E-state index is 13.2. The number of carbonyl (C=O) groups excluding carboxylic acids is 2. The lowest BCUT2D eigenvalue weighted by Crippen LogP contribution is -2.29. The smallest absolute Gasteiger partial charge is 0.416 e. The average molecular weight is 518 g/mol. The summed E-state index contributed by atoms with van der Waals surface area (Å²) in [4.78, 5) is 27.3. The Hall–Kier alpha value is -3.98. The van der Waals surface area contributed by atoms with Crippen LogP contribution in [-0.2, 0) is 15.8 Å². The Morgan fingerprint density at radius 2 is 1.67 bits per heavy atom. The van der Waals surface area contributed by atoms with Crippen LogP contribution in [0.15, 0.2) is 72.3 Å². The molecule has 3 aromatic carbocycles. The predicted molar refractivity (Wildman–Crippen MR) is 127 cm³/mol. The topological polar surface area (TPSA) is 87.1 Å². The van der Waals surface area contributed by atoms with Crippen molar-refractivity contribution in [3.8, 4) is 11.5 Å². The molecular formula is C26H19ClF3NO5. The number of nitrogens with zero attached hydrogens (tertiary/aromatic N) is 1. The molecule has 4 rings (SSSR count). The van der Waals surface area contributed by atoms with Crippen LogP contribution in [0, 0.1) is 0 Å². The second-order valence-electron chi connectivity index (χ2n) is 7.88. The third-order valence-electron chi connectivity index (χ3n) is 5.63. The van der Waals surface area contributed by atoms with Crippen LogP contribution in [0.2, 0.25) is 5.02 Å². The van der Waals surface area contributed by atoms with Crippen molar-refractivity contribution in [2.75, 3.05) is 11.5 Å². The van der Waals surface area contributed by atoms with Gasteiger partial charge in [-0.15, -0.1) is 0 Å². The lowest BCUT2D eigenvalue weighted by Gasteiger charge is -2.26. The number of ether oxygens (including phenoxy) is 1. The largest absolute Gasteiger partial charge is 0.508 e. The van der Waals surface area contributed by atoms with E-state index < -0.39 is 35.2 Å². The molecule has 1 unspecified atom stereocenters. The summed E-state index contributed by atoms with van der Waals surface area (Å²) in [6.07, 6.45) is -4.59. The summed E-state index contributed by atoms with van der Waals surface area (Å²) in [6.45, 7) is 2.03. The number of halogens is 4. The number of amides is 1. The van der Waals surface area contributed by atoms with Crippen LogP contribution in [-0.4, -0.2) is 28.5 Å². The maximum Gasteiger partial charge on any atom is 0.416 e. The van der Waals surface area contributed by atoms with Crippen molar-refractivity contribution < 1.29 is 37.7 Å². The number of alkyl halides is 3. The minimum absolute atomic E-state index is 0.0216. The van der Waals surface area contributed by atoms with Crippen LogP contribution in [0.4, 0.5) is 18.9 Å². The van der Waals surface area contributed by atoms with Gasteiger partial charge >= 0.3 is 6.18 Å². The predicted octanol–water partition coefficient (Wildman–Crippen LogP) is 6.09. The Balaban J connectivity index is 1.90. The average Bonchev–Trinajstić information content (AvgIpc) is 3.10. The molecule has 1 aliphatic heterocycles. The van der Waals surface area contributed by atoms with Gasteiger partial charge < -0.3 is 14.9 Å². The molecule has 1 fully saturated rings. The lowest BCUT2D eigenvalue weighted by atomic mass is 9.95. The molecule has 0 aromatic heterocycles. The number of phenols is 1. The van der Waals surface area contributed by atoms with Gasteiger partial charge in [0, 0.05) is 11.3 Å². The van der Waals surface area contributed by atoms with Crippen molar-refractivity contribution in [2.24, 2.45) is 0 Å². The lowest BCUT2D eigenvalue weighted by molar-refractivity contribution is -0.137. The molecule has 3 aromatic rings. The van der Waals surface area contributed by atoms with Crippen LogP contribution in [0.5, 0.6) is 11.5 Å². The SMILES string of the molecule is CCOc1cc(/C(O)=C2/C(=O)C(=O)N(c3ccc(C(F)(F)F)cc3)C2c2ccc(O)cc2)ccc1Cl. The van der Waals surface area contributed by atoms with Gasteiger partial charge in [0.05, 0.1) is 28.8 Å². The van der Waals surface area contributed by atoms with E-state index in [1.54, 1.807) is 6.92 Å². The van der Waals surface area contributed by atoms with E-state index in [1.165, 1.54) is 42.5 Å². The molecule has 6 nitrogen and oxygen atoms in total. The summed E-state index contributed by atoms with van der Waals surface area (Å²) in [6, 6.07) is 12.5. The van der Waals surface area contributed by atoms with Gasteiger partial charge in [-0.05, 0) is 67.1 Å². The van der Waals surface area contributed by atoms with Crippen LogP contribution >= 0.6 is 11.6 Å². The molecule has 0 bridgehead atoms. The molecule has 1 amide bonds. The van der Waals surface area contributed by atoms with E-state index in [4.69, 9.17) is 16.3 Å². The summed E-state index contributed by atoms with van der Waals surface area (Å²) < 4.78 is 44.6. The molecule has 1 aliphatic rings. The molecule has 186 valence electrons. The van der Waals surface area contributed by atoms with Crippen molar-refractivity contribution >= 4 is 34.7 Å². The summed E-state index contributed by atoms with van der Waals surface area (Å²) in [7, 11) is 0. The van der Waals surface area contributed by atoms with E-state index in [0.29, 0.717) is 5.56 Å². The van der Waals surface area contributed by atoms with Gasteiger partial charge in [0.2, 0.25) is 0 Å². The number of phenolic OH excluding ortho intramolecular Hbond substituents is 1. The van der Waals surface area contributed by atoms with Crippen molar-refractivity contribution in [2.45, 2.75) is 19.1 Å². The molecule has 10 heteroatoms. The van der Waals surface area contributed by atoms with Crippen LogP contribution in [0.25, 0.3) is 5.76 Å². The van der Waals surface area contributed by atoms with Gasteiger partial charge in [-0.2, -0.15) is 13.2 Å². The van der Waals surface area contributed by atoms with Crippen molar-refractivity contribution in [1.29, 1.82) is 0 Å². The van der Waals surface area contributed by atoms with Crippen molar-refractivity contribution in [3.05, 3.63) is 94.0 Å². The Morgan fingerprint density at radius 3 is 2.25 bits per heavy atom. The highest BCUT2D eigenvalue weighted by Crippen LogP contribution is 2.43. The Kier molecular flexibility index (Phi) is 6.69. The molecule has 2 N–H and O–H groups in total. The van der Waals surface area contributed by atoms with E-state index in [-0.39, 0.29) is 40.0 Å². The monoisotopic (exact) mass is 517 g/mol. The number of anilines is 1. The molecule has 0 saturated carbocycles. The van der Waals surface area contributed by atoms with Gasteiger partial charge in [-0.3, -0.25) is 14.5 Å². The van der Waals surface area contributed by atoms with E-state index in [2.05, 4.69) is 0 Å². The molecule has 0 radical (unpaired) electrons. The molecular weight excluding hydrogens is 499 g/mol. The van der Waals surface area contributed by atoms with Crippen LogP contribution < -0.4 is 9.64 Å². The third kappa shape index (κ3) is 4.61. The van der Waals surface area contributed by atoms with E-state index in [9.17, 15) is 33.0 Å². The van der Waals surface area contributed by atoms with Gasteiger partial charge in [0.15, 0.2) is 0 Å². The number of hydrogen-bond acceptors (Lipinski definition) is 5. The molecule has 0 spiro atoms. The maximum atomic E-state index is 13.2. The minimum Gasteiger partial charge on any atom is -0.508 e. The van der Waals surface area contributed by atoms with Crippen molar-refractivity contribution in [3.63, 3.8) is 0 Å². The first-order valence-electron chi connectivity index (χ1n) is 10.7. The fourth-order valence-electron chi connectivity index (χ4n) is 3.95. The minimum atomic E-state index is -4.59. The first-order chi connectivity index (χ1) is 17.0. The zero-order valence-electron chi connectivity index (χ0n) is 18.7. The first-order valence-corrected chi connectivity index (χ1v) is 11.1. The number of ketones is 1. The summed E-state index contributed by atoms with van der Waals surface area (Å²) in [5, 5.41) is 21.2. The number of aliphatic hydroxyl groups excluding tert-OH is 1. The van der Waals surface area contributed by atoms with Crippen LogP contribution in [0.3, 0.4) is 0 Å². The fourth-order valence-corrected chi connectivity index (χ4v) is 4.13. The highest BCUT2D eigenvalue weighted by molar-refractivity contribution is 6.51. The van der Waals surface area contributed by atoms with Gasteiger partial charge in [0.25, 0.3) is 11.7 Å². The normalized spacial score (nSPS) is 17.5. The van der Waals surface area contributed by atoms with E-state index >= 15 is 0 Å². The Morgan fingerprint density at radius 1 is 1.03 bits per heavy atom. The van der Waals surface area contributed by atoms with Crippen molar-refractivity contribution in [1.82, 2.24) is 0 Å². The second kappa shape index (κ2) is 9.58. The van der Waals surface area contributed by atoms with Gasteiger partial charge in [-0.25, -0.2) is 0 Å². The highest BCUT2D eigenvalue weighted by atomic mass is 35.5. The number of hydrogen-bond donors (Lipinski definition) is 2. The van der Waals surface area contributed by atoms with Crippen LogP contribution in [0.1, 0.15) is 29.7 Å². The number of aliphatic hydroxyl groups is 1. The second-order valence-corrected chi connectivity index (χ2v) is 8.29. The zero-order valence-corrected chi connectivity index (χ0v) is 19.5. The number of carbonyl (C=O) groups is 2. The van der Waals surface area contributed by atoms with E-state index in [0.717, 1.165) is 29.2 Å². The molecule has 1 saturated heterocycles. The van der Waals surface area contributed by atoms with Gasteiger partial charge in [-0.1, -0.05) is 23.7 Å².